The summed E-state index contributed by atoms with van der Waals surface area (Å²) in [6, 6.07) is 41.8. The second-order valence-electron chi connectivity index (χ2n) is 10.1. The van der Waals surface area contributed by atoms with E-state index in [1.807, 2.05) is 24.3 Å². The van der Waals surface area contributed by atoms with Crippen molar-refractivity contribution < 1.29 is 30.5 Å². The van der Waals surface area contributed by atoms with E-state index in [9.17, 15) is 0 Å². The zero-order valence-electron chi connectivity index (χ0n) is 22.9. The fraction of sp³-hybridized carbons (Fsp3) is 0.0556. The van der Waals surface area contributed by atoms with Crippen molar-refractivity contribution in [3.05, 3.63) is 144 Å². The third-order valence-corrected chi connectivity index (χ3v) is 7.54. The minimum atomic E-state index is 0. The van der Waals surface area contributed by atoms with Gasteiger partial charge in [-0.15, -0.1) is 28.9 Å². The van der Waals surface area contributed by atoms with Crippen LogP contribution < -0.4 is 9.47 Å². The average molecular weight is 740 g/mol. The molecule has 0 radical (unpaired) electrons. The summed E-state index contributed by atoms with van der Waals surface area (Å²) >= 11 is 0. The third kappa shape index (κ3) is 5.04. The van der Waals surface area contributed by atoms with Gasteiger partial charge in [0.25, 0.3) is 0 Å². The average Bonchev–Trinajstić information content (AvgIpc) is 3.21. The van der Waals surface area contributed by atoms with E-state index >= 15 is 0 Å². The van der Waals surface area contributed by atoms with Crippen LogP contribution in [0.4, 0.5) is 11.4 Å². The topological polar surface area (TPSA) is 63.3 Å². The van der Waals surface area contributed by atoms with E-state index in [2.05, 4.69) is 93.4 Å². The number of pyridine rings is 2. The molecule has 1 aliphatic rings. The van der Waals surface area contributed by atoms with Crippen molar-refractivity contribution in [1.82, 2.24) is 14.5 Å². The smallest absolute Gasteiger partial charge is 0.656 e. The Morgan fingerprint density at radius 3 is 2.30 bits per heavy atom. The first-order chi connectivity index (χ1) is 20.8. The number of hydrogen-bond donors (Lipinski definition) is 0. The zero-order valence-corrected chi connectivity index (χ0v) is 25.2. The largest absolute Gasteiger partial charge is 2.00 e. The van der Waals surface area contributed by atoms with Crippen LogP contribution in [-0.4, -0.2) is 14.5 Å². The summed E-state index contributed by atoms with van der Waals surface area (Å²) in [5.41, 5.74) is 7.54. The molecule has 43 heavy (non-hydrogen) atoms. The molecule has 3 aromatic heterocycles. The monoisotopic (exact) mass is 739 g/mol. The van der Waals surface area contributed by atoms with Crippen LogP contribution in [0.1, 0.15) is 11.1 Å². The standard InChI is InChI=1S/C36H24N4O2.Pt/c1-3-12-29-24(9-1)18-19-25-10-7-14-31(36(25)38-29)40-30-13-4-2-11-27(30)28-21-20-26(23-32(28)40)41-34-16-8-17-35(39-34)42-33-15-5-6-22-37-33;/h1-17,20-22H,18-19H2;/q-2;+2. The molecule has 4 aromatic carbocycles. The van der Waals surface area contributed by atoms with Crippen molar-refractivity contribution in [3.8, 4) is 29.1 Å². The van der Waals surface area contributed by atoms with Crippen molar-refractivity contribution in [1.29, 1.82) is 0 Å². The quantitative estimate of drug-likeness (QED) is 0.165. The molecule has 7 aromatic rings. The number of para-hydroxylation sites is 3. The minimum Gasteiger partial charge on any atom is -0.656 e. The fourth-order valence-electron chi connectivity index (χ4n) is 5.63. The number of nitrogens with zero attached hydrogens (tertiary/aromatic N) is 4. The molecular weight excluding hydrogens is 715 g/mol. The Kier molecular flexibility index (Phi) is 7.13. The number of benzene rings is 4. The molecule has 0 fully saturated rings. The molecule has 4 heterocycles. The number of hydrogen-bond acceptors (Lipinski definition) is 4. The molecule has 0 aliphatic carbocycles. The molecule has 0 saturated heterocycles. The maximum atomic E-state index is 6.23. The molecule has 6 nitrogen and oxygen atoms in total. The van der Waals surface area contributed by atoms with Gasteiger partial charge in [0, 0.05) is 41.3 Å². The molecule has 0 atom stereocenters. The number of rotatable bonds is 5. The maximum absolute atomic E-state index is 6.23. The first kappa shape index (κ1) is 26.9. The predicted molar refractivity (Wildman–Crippen MR) is 165 cm³/mol. The first-order valence-corrected chi connectivity index (χ1v) is 13.9. The van der Waals surface area contributed by atoms with Gasteiger partial charge in [0.1, 0.15) is 0 Å². The third-order valence-electron chi connectivity index (χ3n) is 7.54. The molecule has 210 valence electrons. The van der Waals surface area contributed by atoms with E-state index in [-0.39, 0.29) is 21.1 Å². The van der Waals surface area contributed by atoms with Gasteiger partial charge in [0.15, 0.2) is 0 Å². The number of aryl methyl sites for hydroxylation is 2. The van der Waals surface area contributed by atoms with E-state index in [1.54, 1.807) is 24.4 Å². The zero-order chi connectivity index (χ0) is 27.9. The van der Waals surface area contributed by atoms with Gasteiger partial charge in [-0.2, -0.15) is 11.1 Å². The summed E-state index contributed by atoms with van der Waals surface area (Å²) in [6.45, 7) is 0. The van der Waals surface area contributed by atoms with Crippen LogP contribution in [0.3, 0.4) is 0 Å². The van der Waals surface area contributed by atoms with E-state index in [0.29, 0.717) is 23.4 Å². The van der Waals surface area contributed by atoms with E-state index in [0.717, 1.165) is 51.7 Å². The molecule has 7 heteroatoms. The molecule has 0 unspecified atom stereocenters. The van der Waals surface area contributed by atoms with Crippen molar-refractivity contribution in [2.75, 3.05) is 0 Å². The SMILES string of the molecule is [Pt+2].[c-]1c(Oc2cccc(Oc3ccccn3)n2)ccc2c3ccccc3n(-c3cccc4c3[N-]c3ccccc3CC4)c12. The van der Waals surface area contributed by atoms with Crippen LogP contribution in [0.5, 0.6) is 23.4 Å². The summed E-state index contributed by atoms with van der Waals surface area (Å²) in [4.78, 5) is 8.74. The van der Waals surface area contributed by atoms with Gasteiger partial charge in [0.2, 0.25) is 17.6 Å². The maximum Gasteiger partial charge on any atom is 2.00 e. The van der Waals surface area contributed by atoms with Crippen molar-refractivity contribution >= 4 is 33.2 Å². The summed E-state index contributed by atoms with van der Waals surface area (Å²) in [7, 11) is 0. The Labute approximate surface area is 263 Å². The molecule has 0 amide bonds. The van der Waals surface area contributed by atoms with Crippen LogP contribution in [0.2, 0.25) is 0 Å². The summed E-state index contributed by atoms with van der Waals surface area (Å²) in [5.74, 6) is 1.82. The Hall–Kier alpha value is -4.93. The van der Waals surface area contributed by atoms with Gasteiger partial charge in [-0.25, -0.2) is 4.98 Å². The summed E-state index contributed by atoms with van der Waals surface area (Å²) in [6.07, 6.45) is 3.57. The van der Waals surface area contributed by atoms with Crippen molar-refractivity contribution in [2.45, 2.75) is 12.8 Å². The van der Waals surface area contributed by atoms with Crippen LogP contribution in [0.15, 0.2) is 121 Å². The minimum absolute atomic E-state index is 0. The van der Waals surface area contributed by atoms with E-state index < -0.39 is 0 Å². The molecule has 0 N–H and O–H groups in total. The molecule has 8 rings (SSSR count). The first-order valence-electron chi connectivity index (χ1n) is 13.9. The van der Waals surface area contributed by atoms with Gasteiger partial charge in [-0.1, -0.05) is 83.4 Å². The Bertz CT molecular complexity index is 2090. The van der Waals surface area contributed by atoms with Crippen LogP contribution in [0, 0.1) is 6.07 Å². The molecule has 0 saturated carbocycles. The summed E-state index contributed by atoms with van der Waals surface area (Å²) < 4.78 is 14.3. The Balaban J connectivity index is 0.00000300. The molecule has 0 bridgehead atoms. The van der Waals surface area contributed by atoms with Crippen LogP contribution in [-0.2, 0) is 33.9 Å². The molecule has 0 spiro atoms. The second kappa shape index (κ2) is 11.4. The second-order valence-corrected chi connectivity index (χ2v) is 10.1. The van der Waals surface area contributed by atoms with Gasteiger partial charge in [0.05, 0.1) is 0 Å². The van der Waals surface area contributed by atoms with Crippen LogP contribution >= 0.6 is 0 Å². The normalized spacial score (nSPS) is 12.0. The molecule has 1 aliphatic heterocycles. The predicted octanol–water partition coefficient (Wildman–Crippen LogP) is 9.39. The van der Waals surface area contributed by atoms with E-state index in [1.165, 1.54) is 11.1 Å². The number of fused-ring (bicyclic) bond motifs is 5. The Morgan fingerprint density at radius 2 is 1.40 bits per heavy atom. The van der Waals surface area contributed by atoms with Gasteiger partial charge >= 0.3 is 21.1 Å². The Morgan fingerprint density at radius 1 is 0.651 bits per heavy atom. The van der Waals surface area contributed by atoms with E-state index in [4.69, 9.17) is 14.8 Å². The van der Waals surface area contributed by atoms with Crippen molar-refractivity contribution in [2.24, 2.45) is 0 Å². The molecular formula is C36H24N4O2Pt. The van der Waals surface area contributed by atoms with Crippen LogP contribution in [0.25, 0.3) is 32.8 Å². The van der Waals surface area contributed by atoms with Crippen molar-refractivity contribution in [3.63, 3.8) is 0 Å². The van der Waals surface area contributed by atoms with Gasteiger partial charge in [-0.3, -0.25) is 0 Å². The summed E-state index contributed by atoms with van der Waals surface area (Å²) in [5, 5.41) is 7.44. The fourth-order valence-corrected chi connectivity index (χ4v) is 5.63. The van der Waals surface area contributed by atoms with Gasteiger partial charge < -0.3 is 19.4 Å². The number of ether oxygens (including phenoxy) is 2. The number of aromatic nitrogens is 3. The van der Waals surface area contributed by atoms with Gasteiger partial charge in [-0.05, 0) is 36.4 Å².